The molecule has 0 radical (unpaired) electrons. The van der Waals surface area contributed by atoms with Gasteiger partial charge < -0.3 is 10.4 Å². The Hall–Kier alpha value is -0.960. The number of thioether (sulfide) groups is 1. The predicted octanol–water partition coefficient (Wildman–Crippen LogP) is 3.05. The highest BCUT2D eigenvalue weighted by Crippen LogP contribution is 2.21. The topological polar surface area (TPSA) is 49.3 Å². The number of aliphatic hydroxyl groups excluding tert-OH is 1. The SMILES string of the molecule is CCSCCC(C)NC(=O)c1cc(C)c(C#CCCO)s1. The second-order valence-electron chi connectivity index (χ2n) is 4.76. The van der Waals surface area contributed by atoms with Crippen molar-refractivity contribution in [3.05, 3.63) is 21.4 Å². The molecular formula is C16H23NO2S2. The Labute approximate surface area is 135 Å². The molecular weight excluding hydrogens is 302 g/mol. The molecule has 116 valence electrons. The van der Waals surface area contributed by atoms with Crippen molar-refractivity contribution in [3.63, 3.8) is 0 Å². The number of thiophene rings is 1. The first-order valence-corrected chi connectivity index (χ1v) is 9.14. The smallest absolute Gasteiger partial charge is 0.261 e. The lowest BCUT2D eigenvalue weighted by atomic mass is 10.2. The number of aliphatic hydroxyl groups is 1. The average Bonchev–Trinajstić information content (AvgIpc) is 2.81. The van der Waals surface area contributed by atoms with Gasteiger partial charge in [-0.3, -0.25) is 4.79 Å². The van der Waals surface area contributed by atoms with E-state index in [1.54, 1.807) is 0 Å². The molecule has 5 heteroatoms. The van der Waals surface area contributed by atoms with Gasteiger partial charge in [-0.2, -0.15) is 11.8 Å². The molecule has 0 saturated carbocycles. The lowest BCUT2D eigenvalue weighted by molar-refractivity contribution is 0.0943. The largest absolute Gasteiger partial charge is 0.395 e. The number of rotatable bonds is 7. The van der Waals surface area contributed by atoms with Gasteiger partial charge in [0.1, 0.15) is 0 Å². The van der Waals surface area contributed by atoms with E-state index in [1.807, 2.05) is 31.7 Å². The summed E-state index contributed by atoms with van der Waals surface area (Å²) in [4.78, 5) is 13.8. The Bertz CT molecular complexity index is 514. The molecule has 1 aromatic heterocycles. The van der Waals surface area contributed by atoms with Crippen molar-refractivity contribution in [2.75, 3.05) is 18.1 Å². The molecule has 0 aliphatic rings. The lowest BCUT2D eigenvalue weighted by Gasteiger charge is -2.12. The molecule has 3 nitrogen and oxygen atoms in total. The van der Waals surface area contributed by atoms with Crippen molar-refractivity contribution in [1.82, 2.24) is 5.32 Å². The maximum atomic E-state index is 12.2. The molecule has 0 bridgehead atoms. The Morgan fingerprint density at radius 1 is 1.57 bits per heavy atom. The molecule has 0 fully saturated rings. The number of carbonyl (C=O) groups is 1. The summed E-state index contributed by atoms with van der Waals surface area (Å²) in [6.07, 6.45) is 1.45. The highest BCUT2D eigenvalue weighted by Gasteiger charge is 2.13. The van der Waals surface area contributed by atoms with Gasteiger partial charge in [0.05, 0.1) is 16.4 Å². The van der Waals surface area contributed by atoms with Crippen LogP contribution in [0.2, 0.25) is 0 Å². The minimum absolute atomic E-state index is 0.0210. The Morgan fingerprint density at radius 3 is 3.00 bits per heavy atom. The maximum absolute atomic E-state index is 12.2. The van der Waals surface area contributed by atoms with Gasteiger partial charge in [-0.15, -0.1) is 11.3 Å². The van der Waals surface area contributed by atoms with Crippen molar-refractivity contribution in [1.29, 1.82) is 0 Å². The van der Waals surface area contributed by atoms with Crippen molar-refractivity contribution in [2.45, 2.75) is 39.7 Å². The fourth-order valence-corrected chi connectivity index (χ4v) is 3.45. The zero-order valence-corrected chi connectivity index (χ0v) is 14.5. The number of nitrogens with one attached hydrogen (secondary N) is 1. The zero-order valence-electron chi connectivity index (χ0n) is 12.9. The van der Waals surface area contributed by atoms with Crippen LogP contribution in [-0.2, 0) is 0 Å². The van der Waals surface area contributed by atoms with Crippen LogP contribution in [0.15, 0.2) is 6.07 Å². The third kappa shape index (κ3) is 6.56. The normalized spacial score (nSPS) is 11.6. The molecule has 1 unspecified atom stereocenters. The standard InChI is InChI=1S/C16H23NO2S2/c1-4-20-10-8-13(3)17-16(19)15-11-12(2)14(21-15)7-5-6-9-18/h11,13,18H,4,6,8-10H2,1-3H3,(H,17,19). The Morgan fingerprint density at radius 2 is 2.33 bits per heavy atom. The maximum Gasteiger partial charge on any atom is 0.261 e. The van der Waals surface area contributed by atoms with Gasteiger partial charge in [-0.1, -0.05) is 18.8 Å². The molecule has 0 spiro atoms. The highest BCUT2D eigenvalue weighted by molar-refractivity contribution is 7.99. The van der Waals surface area contributed by atoms with Crippen LogP contribution in [0, 0.1) is 18.8 Å². The number of amides is 1. The molecule has 0 saturated heterocycles. The van der Waals surface area contributed by atoms with Gasteiger partial charge in [-0.05, 0) is 43.4 Å². The first kappa shape index (κ1) is 18.1. The van der Waals surface area contributed by atoms with E-state index in [9.17, 15) is 4.79 Å². The molecule has 21 heavy (non-hydrogen) atoms. The summed E-state index contributed by atoms with van der Waals surface area (Å²) >= 11 is 3.31. The third-order valence-electron chi connectivity index (χ3n) is 2.86. The van der Waals surface area contributed by atoms with Crippen LogP contribution < -0.4 is 5.32 Å². The number of aryl methyl sites for hydroxylation is 1. The van der Waals surface area contributed by atoms with Gasteiger partial charge in [0.25, 0.3) is 5.91 Å². The first-order chi connectivity index (χ1) is 10.1. The molecule has 1 rings (SSSR count). The van der Waals surface area contributed by atoms with E-state index in [0.717, 1.165) is 28.4 Å². The lowest BCUT2D eigenvalue weighted by Crippen LogP contribution is -2.32. The van der Waals surface area contributed by atoms with E-state index < -0.39 is 0 Å². The minimum atomic E-state index is -0.0210. The van der Waals surface area contributed by atoms with Crippen LogP contribution in [0.5, 0.6) is 0 Å². The van der Waals surface area contributed by atoms with Gasteiger partial charge in [0, 0.05) is 12.5 Å². The zero-order chi connectivity index (χ0) is 15.7. The van der Waals surface area contributed by atoms with Gasteiger partial charge >= 0.3 is 0 Å². The van der Waals surface area contributed by atoms with E-state index in [-0.39, 0.29) is 18.6 Å². The second kappa shape index (κ2) is 9.88. The number of hydrogen-bond donors (Lipinski definition) is 2. The van der Waals surface area contributed by atoms with Crippen molar-refractivity contribution in [2.24, 2.45) is 0 Å². The fraction of sp³-hybridized carbons (Fsp3) is 0.562. The van der Waals surface area contributed by atoms with Crippen LogP contribution in [0.1, 0.15) is 46.8 Å². The molecule has 1 heterocycles. The van der Waals surface area contributed by atoms with Crippen LogP contribution in [0.4, 0.5) is 0 Å². The molecule has 1 atom stereocenters. The summed E-state index contributed by atoms with van der Waals surface area (Å²) in [6, 6.07) is 2.07. The quantitative estimate of drug-likeness (QED) is 0.598. The van der Waals surface area contributed by atoms with E-state index in [2.05, 4.69) is 24.1 Å². The number of hydrogen-bond acceptors (Lipinski definition) is 4. The van der Waals surface area contributed by atoms with E-state index in [0.29, 0.717) is 11.3 Å². The van der Waals surface area contributed by atoms with Crippen LogP contribution in [-0.4, -0.2) is 35.2 Å². The molecule has 1 amide bonds. The summed E-state index contributed by atoms with van der Waals surface area (Å²) in [7, 11) is 0. The monoisotopic (exact) mass is 325 g/mol. The number of carbonyl (C=O) groups excluding carboxylic acids is 1. The summed E-state index contributed by atoms with van der Waals surface area (Å²) in [5.74, 6) is 8.06. The fourth-order valence-electron chi connectivity index (χ4n) is 1.69. The Kier molecular flexibility index (Phi) is 8.51. The van der Waals surface area contributed by atoms with Crippen molar-refractivity contribution >= 4 is 29.0 Å². The molecule has 0 aliphatic carbocycles. The third-order valence-corrected chi connectivity index (χ3v) is 4.94. The van der Waals surface area contributed by atoms with Crippen molar-refractivity contribution < 1.29 is 9.90 Å². The molecule has 1 aromatic rings. The average molecular weight is 325 g/mol. The first-order valence-electron chi connectivity index (χ1n) is 7.17. The van der Waals surface area contributed by atoms with Crippen LogP contribution in [0.3, 0.4) is 0 Å². The van der Waals surface area contributed by atoms with Gasteiger partial charge in [-0.25, -0.2) is 0 Å². The summed E-state index contributed by atoms with van der Waals surface area (Å²) in [5.41, 5.74) is 1.02. The highest BCUT2D eigenvalue weighted by atomic mass is 32.2. The van der Waals surface area contributed by atoms with Gasteiger partial charge in [0.15, 0.2) is 0 Å². The van der Waals surface area contributed by atoms with Crippen molar-refractivity contribution in [3.8, 4) is 11.8 Å². The van der Waals surface area contributed by atoms with E-state index in [1.165, 1.54) is 11.3 Å². The van der Waals surface area contributed by atoms with Crippen LogP contribution >= 0.6 is 23.1 Å². The summed E-state index contributed by atoms with van der Waals surface area (Å²) < 4.78 is 0. The predicted molar refractivity (Wildman–Crippen MR) is 92.2 cm³/mol. The van der Waals surface area contributed by atoms with E-state index >= 15 is 0 Å². The van der Waals surface area contributed by atoms with Crippen LogP contribution in [0.25, 0.3) is 0 Å². The molecule has 2 N–H and O–H groups in total. The Balaban J connectivity index is 2.59. The molecule has 0 aromatic carbocycles. The van der Waals surface area contributed by atoms with E-state index in [4.69, 9.17) is 5.11 Å². The summed E-state index contributed by atoms with van der Waals surface area (Å²) in [5, 5.41) is 11.8. The summed E-state index contributed by atoms with van der Waals surface area (Å²) in [6.45, 7) is 6.20. The minimum Gasteiger partial charge on any atom is -0.395 e. The molecule has 0 aliphatic heterocycles. The van der Waals surface area contributed by atoms with Gasteiger partial charge in [0.2, 0.25) is 0 Å². The second-order valence-corrected chi connectivity index (χ2v) is 7.20.